The van der Waals surface area contributed by atoms with Crippen LogP contribution >= 0.6 is 23.5 Å². The molecule has 4 rings (SSSR count). The van der Waals surface area contributed by atoms with Gasteiger partial charge in [-0.15, -0.1) is 0 Å². The summed E-state index contributed by atoms with van der Waals surface area (Å²) in [4.78, 5) is 45.0. The van der Waals surface area contributed by atoms with Crippen molar-refractivity contribution >= 4 is 41.0 Å². The fourth-order valence-electron chi connectivity index (χ4n) is 3.40. The van der Waals surface area contributed by atoms with Crippen molar-refractivity contribution in [2.75, 3.05) is 18.6 Å². The van der Waals surface area contributed by atoms with Gasteiger partial charge in [-0.1, -0.05) is 23.5 Å². The van der Waals surface area contributed by atoms with E-state index in [0.717, 1.165) is 29.9 Å². The fraction of sp³-hybridized carbons (Fsp3) is 0.333. The SMILES string of the molecule is COCCC(C)(C)Oc1ccc(N2C(=O)C(Sc3ncccn3)C(Sc3ncccn3)C2=O)cc1. The van der Waals surface area contributed by atoms with E-state index in [0.29, 0.717) is 28.4 Å². The summed E-state index contributed by atoms with van der Waals surface area (Å²) in [6, 6.07) is 10.3. The van der Waals surface area contributed by atoms with Crippen molar-refractivity contribution < 1.29 is 19.1 Å². The minimum Gasteiger partial charge on any atom is -0.488 e. The number of amides is 2. The quantitative estimate of drug-likeness (QED) is 0.296. The van der Waals surface area contributed by atoms with E-state index in [1.54, 1.807) is 68.3 Å². The van der Waals surface area contributed by atoms with Crippen LogP contribution in [-0.4, -0.2) is 61.6 Å². The van der Waals surface area contributed by atoms with E-state index in [1.807, 2.05) is 13.8 Å². The number of hydrogen-bond acceptors (Lipinski definition) is 10. The fourth-order valence-corrected chi connectivity index (χ4v) is 5.57. The maximum Gasteiger partial charge on any atom is 0.249 e. The van der Waals surface area contributed by atoms with Gasteiger partial charge in [-0.3, -0.25) is 9.59 Å². The van der Waals surface area contributed by atoms with Crippen LogP contribution in [0.3, 0.4) is 0 Å². The highest BCUT2D eigenvalue weighted by molar-refractivity contribution is 8.04. The standard InChI is InChI=1S/C24H25N5O4S2/c1-24(2,10-15-32-3)33-17-8-6-16(7-9-17)29-20(30)18(34-22-25-11-4-12-26-22)19(21(29)31)35-23-27-13-5-14-28-23/h4-9,11-14,18-19H,10,15H2,1-3H3. The molecule has 0 N–H and O–H groups in total. The number of imide groups is 1. The molecule has 1 aliphatic rings. The summed E-state index contributed by atoms with van der Waals surface area (Å²) < 4.78 is 11.2. The molecular weight excluding hydrogens is 486 g/mol. The summed E-state index contributed by atoms with van der Waals surface area (Å²) >= 11 is 2.32. The lowest BCUT2D eigenvalue weighted by molar-refractivity contribution is -0.121. The Morgan fingerprint density at radius 3 is 1.80 bits per heavy atom. The number of thioether (sulfide) groups is 2. The summed E-state index contributed by atoms with van der Waals surface area (Å²) in [7, 11) is 1.65. The zero-order valence-electron chi connectivity index (χ0n) is 19.5. The molecule has 35 heavy (non-hydrogen) atoms. The number of carbonyl (C=O) groups excluding carboxylic acids is 2. The van der Waals surface area contributed by atoms with Crippen LogP contribution < -0.4 is 9.64 Å². The van der Waals surface area contributed by atoms with Crippen LogP contribution in [-0.2, 0) is 14.3 Å². The Morgan fingerprint density at radius 2 is 1.34 bits per heavy atom. The summed E-state index contributed by atoms with van der Waals surface area (Å²) in [6.45, 7) is 4.54. The highest BCUT2D eigenvalue weighted by Gasteiger charge is 2.50. The lowest BCUT2D eigenvalue weighted by Crippen LogP contribution is -2.32. The number of anilines is 1. The Balaban J connectivity index is 1.57. The maximum atomic E-state index is 13.5. The first-order chi connectivity index (χ1) is 16.9. The molecule has 3 heterocycles. The van der Waals surface area contributed by atoms with E-state index in [9.17, 15) is 9.59 Å². The molecule has 0 aliphatic carbocycles. The molecule has 1 saturated heterocycles. The van der Waals surface area contributed by atoms with E-state index in [4.69, 9.17) is 9.47 Å². The molecule has 2 aromatic heterocycles. The first-order valence-corrected chi connectivity index (χ1v) is 12.7. The third-order valence-electron chi connectivity index (χ3n) is 5.15. The molecule has 2 atom stereocenters. The molecule has 1 aliphatic heterocycles. The number of aromatic nitrogens is 4. The summed E-state index contributed by atoms with van der Waals surface area (Å²) in [6.07, 6.45) is 7.12. The second-order valence-corrected chi connectivity index (χ2v) is 10.5. The topological polar surface area (TPSA) is 107 Å². The monoisotopic (exact) mass is 511 g/mol. The molecule has 2 unspecified atom stereocenters. The molecule has 1 aromatic carbocycles. The molecule has 11 heteroatoms. The Morgan fingerprint density at radius 1 is 0.857 bits per heavy atom. The molecule has 9 nitrogen and oxygen atoms in total. The van der Waals surface area contributed by atoms with Gasteiger partial charge in [0.15, 0.2) is 10.3 Å². The highest BCUT2D eigenvalue weighted by atomic mass is 32.2. The Kier molecular flexibility index (Phi) is 7.99. The van der Waals surface area contributed by atoms with Gasteiger partial charge in [0.25, 0.3) is 0 Å². The Labute approximate surface area is 212 Å². The maximum absolute atomic E-state index is 13.5. The van der Waals surface area contributed by atoms with Crippen molar-refractivity contribution in [1.82, 2.24) is 19.9 Å². The lowest BCUT2D eigenvalue weighted by atomic mass is 10.1. The van der Waals surface area contributed by atoms with Crippen LogP contribution in [0.15, 0.2) is 71.5 Å². The summed E-state index contributed by atoms with van der Waals surface area (Å²) in [5, 5.41) is -0.630. The molecule has 1 fully saturated rings. The highest BCUT2D eigenvalue weighted by Crippen LogP contribution is 2.40. The number of carbonyl (C=O) groups is 2. The number of nitrogens with zero attached hydrogens (tertiary/aromatic N) is 5. The smallest absolute Gasteiger partial charge is 0.249 e. The van der Waals surface area contributed by atoms with Crippen molar-refractivity contribution in [2.45, 2.75) is 46.7 Å². The average Bonchev–Trinajstić information content (AvgIpc) is 3.08. The van der Waals surface area contributed by atoms with E-state index in [2.05, 4.69) is 19.9 Å². The summed E-state index contributed by atoms with van der Waals surface area (Å²) in [5.74, 6) is -0.0360. The van der Waals surface area contributed by atoms with Gasteiger partial charge in [0.05, 0.1) is 5.69 Å². The third kappa shape index (κ3) is 6.16. The molecule has 182 valence electrons. The van der Waals surface area contributed by atoms with Crippen molar-refractivity contribution in [1.29, 1.82) is 0 Å². The van der Waals surface area contributed by atoms with Crippen LogP contribution in [0.1, 0.15) is 20.3 Å². The zero-order valence-corrected chi connectivity index (χ0v) is 21.2. The Bertz CT molecular complexity index is 1090. The average molecular weight is 512 g/mol. The predicted molar refractivity (Wildman–Crippen MR) is 133 cm³/mol. The van der Waals surface area contributed by atoms with Crippen LogP contribution in [0.25, 0.3) is 0 Å². The minimum absolute atomic E-state index is 0.338. The van der Waals surface area contributed by atoms with Gasteiger partial charge < -0.3 is 9.47 Å². The number of benzene rings is 1. The number of rotatable bonds is 10. The van der Waals surface area contributed by atoms with Crippen LogP contribution in [0.4, 0.5) is 5.69 Å². The van der Waals surface area contributed by atoms with Gasteiger partial charge in [0.1, 0.15) is 21.9 Å². The van der Waals surface area contributed by atoms with Gasteiger partial charge in [0, 0.05) is 44.9 Å². The molecular formula is C24H25N5O4S2. The molecule has 0 radical (unpaired) electrons. The van der Waals surface area contributed by atoms with Gasteiger partial charge in [0.2, 0.25) is 11.8 Å². The van der Waals surface area contributed by atoms with Gasteiger partial charge in [-0.25, -0.2) is 24.8 Å². The molecule has 3 aromatic rings. The summed E-state index contributed by atoms with van der Waals surface area (Å²) in [5.41, 5.74) is 0.0461. The van der Waals surface area contributed by atoms with Crippen LogP contribution in [0.2, 0.25) is 0 Å². The normalized spacial score (nSPS) is 18.2. The lowest BCUT2D eigenvalue weighted by Gasteiger charge is -2.26. The number of methoxy groups -OCH3 is 1. The van der Waals surface area contributed by atoms with E-state index in [-0.39, 0.29) is 11.8 Å². The van der Waals surface area contributed by atoms with Gasteiger partial charge >= 0.3 is 0 Å². The van der Waals surface area contributed by atoms with E-state index in [1.165, 1.54) is 4.90 Å². The number of hydrogen-bond donors (Lipinski definition) is 0. The first kappa shape index (κ1) is 25.1. The first-order valence-electron chi connectivity index (χ1n) is 10.9. The largest absolute Gasteiger partial charge is 0.488 e. The van der Waals surface area contributed by atoms with Crippen molar-refractivity contribution in [2.24, 2.45) is 0 Å². The van der Waals surface area contributed by atoms with Crippen LogP contribution in [0, 0.1) is 0 Å². The zero-order chi connectivity index (χ0) is 24.8. The van der Waals surface area contributed by atoms with Crippen LogP contribution in [0.5, 0.6) is 5.75 Å². The Hall–Kier alpha value is -3.02. The molecule has 0 bridgehead atoms. The minimum atomic E-state index is -0.734. The second-order valence-electron chi connectivity index (χ2n) is 8.25. The van der Waals surface area contributed by atoms with Gasteiger partial charge in [-0.05, 0) is 50.2 Å². The third-order valence-corrected chi connectivity index (χ3v) is 7.62. The molecule has 0 saturated carbocycles. The van der Waals surface area contributed by atoms with E-state index >= 15 is 0 Å². The van der Waals surface area contributed by atoms with Gasteiger partial charge in [-0.2, -0.15) is 0 Å². The second kappa shape index (κ2) is 11.1. The molecule has 0 spiro atoms. The van der Waals surface area contributed by atoms with Crippen molar-refractivity contribution in [3.05, 3.63) is 61.2 Å². The van der Waals surface area contributed by atoms with E-state index < -0.39 is 16.1 Å². The predicted octanol–water partition coefficient (Wildman–Crippen LogP) is 3.66. The van der Waals surface area contributed by atoms with Crippen molar-refractivity contribution in [3.63, 3.8) is 0 Å². The van der Waals surface area contributed by atoms with Crippen molar-refractivity contribution in [3.8, 4) is 5.75 Å². The molecule has 2 amide bonds. The number of ether oxygens (including phenoxy) is 2.